The van der Waals surface area contributed by atoms with Crippen LogP contribution in [0.4, 0.5) is 5.13 Å². The number of quaternary nitrogens is 1. The Morgan fingerprint density at radius 3 is 2.89 bits per heavy atom. The van der Waals surface area contributed by atoms with Gasteiger partial charge < -0.3 is 14.4 Å². The van der Waals surface area contributed by atoms with E-state index in [1.807, 2.05) is 35.7 Å². The number of nitrogens with one attached hydrogen (secondary N) is 1. The predicted octanol–water partition coefficient (Wildman–Crippen LogP) is 2.67. The SMILES string of the molecule is C[NH+](C)CCCN(C(=O)/C=C/c1cccs1)c1nc2cc3c(cc2s1)OCO3. The second-order valence-corrected chi connectivity index (χ2v) is 8.81. The zero-order valence-electron chi connectivity index (χ0n) is 15.8. The van der Waals surface area contributed by atoms with Crippen LogP contribution in [0, 0.1) is 0 Å². The van der Waals surface area contributed by atoms with E-state index >= 15 is 0 Å². The molecule has 1 N–H and O–H groups in total. The molecule has 2 aromatic heterocycles. The van der Waals surface area contributed by atoms with Gasteiger partial charge in [-0.1, -0.05) is 17.4 Å². The fourth-order valence-electron chi connectivity index (χ4n) is 2.94. The van der Waals surface area contributed by atoms with E-state index in [9.17, 15) is 4.79 Å². The Bertz CT molecular complexity index is 955. The molecule has 4 rings (SSSR count). The van der Waals surface area contributed by atoms with E-state index in [1.165, 1.54) is 16.2 Å². The number of carbonyl (C=O) groups excluding carboxylic acids is 1. The van der Waals surface area contributed by atoms with E-state index in [1.54, 1.807) is 22.3 Å². The molecular weight excluding hydrogens is 394 g/mol. The number of thiophene rings is 1. The van der Waals surface area contributed by atoms with Crippen LogP contribution in [0.15, 0.2) is 35.7 Å². The fourth-order valence-corrected chi connectivity index (χ4v) is 4.57. The van der Waals surface area contributed by atoms with E-state index < -0.39 is 0 Å². The van der Waals surface area contributed by atoms with E-state index in [-0.39, 0.29) is 12.7 Å². The third kappa shape index (κ3) is 4.19. The van der Waals surface area contributed by atoms with Crippen molar-refractivity contribution in [1.82, 2.24) is 4.98 Å². The van der Waals surface area contributed by atoms with Crippen LogP contribution in [0.2, 0.25) is 0 Å². The summed E-state index contributed by atoms with van der Waals surface area (Å²) in [6.07, 6.45) is 4.40. The highest BCUT2D eigenvalue weighted by Gasteiger charge is 2.21. The summed E-state index contributed by atoms with van der Waals surface area (Å²) in [5, 5.41) is 2.70. The average molecular weight is 417 g/mol. The van der Waals surface area contributed by atoms with Gasteiger partial charge in [-0.05, 0) is 17.5 Å². The number of fused-ring (bicyclic) bond motifs is 2. The van der Waals surface area contributed by atoms with Crippen molar-refractivity contribution in [2.45, 2.75) is 6.42 Å². The lowest BCUT2D eigenvalue weighted by molar-refractivity contribution is -0.858. The van der Waals surface area contributed by atoms with Crippen molar-refractivity contribution in [2.24, 2.45) is 0 Å². The minimum atomic E-state index is -0.0544. The highest BCUT2D eigenvalue weighted by molar-refractivity contribution is 7.22. The van der Waals surface area contributed by atoms with E-state index in [0.29, 0.717) is 17.4 Å². The summed E-state index contributed by atoms with van der Waals surface area (Å²) in [5.74, 6) is 1.38. The molecule has 0 spiro atoms. The maximum Gasteiger partial charge on any atom is 0.252 e. The molecule has 0 aliphatic carbocycles. The van der Waals surface area contributed by atoms with Gasteiger partial charge in [-0.2, -0.15) is 0 Å². The van der Waals surface area contributed by atoms with Gasteiger partial charge in [-0.3, -0.25) is 9.69 Å². The summed E-state index contributed by atoms with van der Waals surface area (Å²) in [6.45, 7) is 1.86. The lowest BCUT2D eigenvalue weighted by Gasteiger charge is -2.18. The predicted molar refractivity (Wildman–Crippen MR) is 114 cm³/mol. The summed E-state index contributed by atoms with van der Waals surface area (Å²) in [4.78, 5) is 21.8. The first-order valence-corrected chi connectivity index (χ1v) is 10.8. The van der Waals surface area contributed by atoms with Gasteiger partial charge in [0.25, 0.3) is 5.91 Å². The monoisotopic (exact) mass is 416 g/mol. The molecule has 6 nitrogen and oxygen atoms in total. The summed E-state index contributed by atoms with van der Waals surface area (Å²) in [7, 11) is 4.23. The molecule has 146 valence electrons. The number of nitrogens with zero attached hydrogens (tertiary/aromatic N) is 2. The summed E-state index contributed by atoms with van der Waals surface area (Å²) in [6, 6.07) is 7.79. The van der Waals surface area contributed by atoms with Crippen molar-refractivity contribution >= 4 is 50.0 Å². The number of anilines is 1. The topological polar surface area (TPSA) is 56.1 Å². The molecule has 0 saturated heterocycles. The molecule has 1 aliphatic heterocycles. The van der Waals surface area contributed by atoms with Crippen molar-refractivity contribution in [3.05, 3.63) is 40.6 Å². The minimum absolute atomic E-state index is 0.0544. The third-order valence-electron chi connectivity index (χ3n) is 4.36. The van der Waals surface area contributed by atoms with Crippen LogP contribution in [-0.2, 0) is 4.79 Å². The largest absolute Gasteiger partial charge is 0.454 e. The summed E-state index contributed by atoms with van der Waals surface area (Å²) in [5.41, 5.74) is 0.822. The molecule has 1 aliphatic rings. The lowest BCUT2D eigenvalue weighted by atomic mass is 10.3. The Hall–Kier alpha value is -2.42. The Labute approximate surface area is 171 Å². The van der Waals surface area contributed by atoms with Gasteiger partial charge in [-0.15, -0.1) is 11.3 Å². The van der Waals surface area contributed by atoms with Crippen LogP contribution in [-0.4, -0.2) is 44.9 Å². The molecule has 8 heteroatoms. The third-order valence-corrected chi connectivity index (χ3v) is 6.24. The molecule has 3 heterocycles. The molecule has 1 amide bonds. The van der Waals surface area contributed by atoms with Gasteiger partial charge >= 0.3 is 0 Å². The zero-order chi connectivity index (χ0) is 19.5. The van der Waals surface area contributed by atoms with Crippen LogP contribution in [0.5, 0.6) is 11.5 Å². The van der Waals surface area contributed by atoms with Crippen LogP contribution in [0.25, 0.3) is 16.3 Å². The first kappa shape index (κ1) is 18.9. The van der Waals surface area contributed by atoms with Crippen molar-refractivity contribution in [1.29, 1.82) is 0 Å². The van der Waals surface area contributed by atoms with Gasteiger partial charge in [0.15, 0.2) is 16.6 Å². The quantitative estimate of drug-likeness (QED) is 0.602. The Kier molecular flexibility index (Phi) is 5.61. The number of benzene rings is 1. The van der Waals surface area contributed by atoms with Gasteiger partial charge in [0.2, 0.25) is 6.79 Å². The average Bonchev–Trinajstić information content (AvgIpc) is 3.40. The molecular formula is C20H22N3O3S2+. The number of carbonyl (C=O) groups is 1. The standard InChI is InChI=1S/C20H21N3O3S2/c1-22(2)8-4-9-23(19(24)7-6-14-5-3-10-27-14)20-21-15-11-16-17(26-13-25-16)12-18(15)28-20/h3,5-7,10-12H,4,8-9,13H2,1-2H3/p+1/b7-6+. The Balaban J connectivity index is 1.60. The van der Waals surface area contributed by atoms with Crippen molar-refractivity contribution in [3.63, 3.8) is 0 Å². The van der Waals surface area contributed by atoms with Gasteiger partial charge in [0.1, 0.15) is 0 Å². The van der Waals surface area contributed by atoms with Crippen molar-refractivity contribution < 1.29 is 19.2 Å². The Morgan fingerprint density at radius 1 is 1.32 bits per heavy atom. The summed E-state index contributed by atoms with van der Waals surface area (Å²) >= 11 is 3.11. The van der Waals surface area contributed by atoms with Gasteiger partial charge in [0.05, 0.1) is 30.9 Å². The summed E-state index contributed by atoms with van der Waals surface area (Å²) < 4.78 is 11.9. The number of aromatic nitrogens is 1. The number of thiazole rings is 1. The van der Waals surface area contributed by atoms with E-state index in [4.69, 9.17) is 14.5 Å². The van der Waals surface area contributed by atoms with Crippen LogP contribution >= 0.6 is 22.7 Å². The molecule has 0 bridgehead atoms. The second-order valence-electron chi connectivity index (χ2n) is 6.82. The van der Waals surface area contributed by atoms with Crippen LogP contribution in [0.1, 0.15) is 11.3 Å². The number of hydrogen-bond donors (Lipinski definition) is 1. The highest BCUT2D eigenvalue weighted by atomic mass is 32.1. The van der Waals surface area contributed by atoms with E-state index in [2.05, 4.69) is 14.1 Å². The first-order valence-electron chi connectivity index (χ1n) is 9.12. The number of ether oxygens (including phenoxy) is 2. The fraction of sp³-hybridized carbons (Fsp3) is 0.300. The molecule has 3 aromatic rings. The number of hydrogen-bond acceptors (Lipinski definition) is 6. The number of amides is 1. The lowest BCUT2D eigenvalue weighted by Crippen LogP contribution is -3.05. The molecule has 0 fully saturated rings. The van der Waals surface area contributed by atoms with Crippen molar-refractivity contribution in [3.8, 4) is 11.5 Å². The molecule has 28 heavy (non-hydrogen) atoms. The first-order chi connectivity index (χ1) is 13.6. The molecule has 0 saturated carbocycles. The van der Waals surface area contributed by atoms with Crippen LogP contribution < -0.4 is 19.3 Å². The second kappa shape index (κ2) is 8.30. The van der Waals surface area contributed by atoms with Gasteiger partial charge in [0, 0.05) is 36.1 Å². The molecule has 1 aromatic carbocycles. The maximum atomic E-state index is 12.9. The Morgan fingerprint density at radius 2 is 2.14 bits per heavy atom. The van der Waals surface area contributed by atoms with E-state index in [0.717, 1.165) is 33.8 Å². The van der Waals surface area contributed by atoms with Crippen LogP contribution in [0.3, 0.4) is 0 Å². The molecule has 0 radical (unpaired) electrons. The zero-order valence-corrected chi connectivity index (χ0v) is 17.4. The molecule has 0 atom stereocenters. The minimum Gasteiger partial charge on any atom is -0.454 e. The maximum absolute atomic E-state index is 12.9. The highest BCUT2D eigenvalue weighted by Crippen LogP contribution is 2.39. The molecule has 0 unspecified atom stereocenters. The smallest absolute Gasteiger partial charge is 0.252 e. The van der Waals surface area contributed by atoms with Gasteiger partial charge in [-0.25, -0.2) is 4.98 Å². The normalized spacial score (nSPS) is 13.1. The van der Waals surface area contributed by atoms with Crippen molar-refractivity contribution in [2.75, 3.05) is 38.9 Å². The number of rotatable bonds is 7.